The molecule has 0 fully saturated rings. The van der Waals surface area contributed by atoms with Crippen LogP contribution in [0.1, 0.15) is 25.0 Å². The third-order valence-electron chi connectivity index (χ3n) is 4.52. The van der Waals surface area contributed by atoms with Crippen molar-refractivity contribution in [2.75, 3.05) is 22.9 Å². The standard InChI is InChI=1S/C23H26ClN5O2/c1-14(2)31-23(30)27-17-7-4-6-16(12-17)10-11-26-21-13-20(28-22(25)29-21)18-8-5-9-19(24)15(18)3/h4-9,12-14H,10-11H2,1-3H3,(H,27,30)(H3,25,26,28,29). The van der Waals surface area contributed by atoms with Gasteiger partial charge in [0, 0.05) is 28.9 Å². The van der Waals surface area contributed by atoms with Crippen LogP contribution in [0.15, 0.2) is 48.5 Å². The molecule has 0 saturated carbocycles. The number of carbonyl (C=O) groups is 1. The molecule has 0 saturated heterocycles. The first-order valence-electron chi connectivity index (χ1n) is 10.0. The Balaban J connectivity index is 1.65. The minimum Gasteiger partial charge on any atom is -0.447 e. The molecule has 0 atom stereocenters. The van der Waals surface area contributed by atoms with Crippen LogP contribution in [0.5, 0.6) is 0 Å². The minimum absolute atomic E-state index is 0.173. The predicted octanol–water partition coefficient (Wildman–Crippen LogP) is 5.30. The maximum Gasteiger partial charge on any atom is 0.411 e. The summed E-state index contributed by atoms with van der Waals surface area (Å²) in [6, 6.07) is 15.2. The van der Waals surface area contributed by atoms with Crippen LogP contribution in [0, 0.1) is 6.92 Å². The highest BCUT2D eigenvalue weighted by Gasteiger charge is 2.10. The molecule has 3 rings (SSSR count). The molecule has 8 heteroatoms. The summed E-state index contributed by atoms with van der Waals surface area (Å²) in [7, 11) is 0. The van der Waals surface area contributed by atoms with Crippen LogP contribution in [0.25, 0.3) is 11.3 Å². The van der Waals surface area contributed by atoms with E-state index in [1.165, 1.54) is 0 Å². The van der Waals surface area contributed by atoms with Gasteiger partial charge in [-0.2, -0.15) is 4.98 Å². The van der Waals surface area contributed by atoms with Crippen molar-refractivity contribution < 1.29 is 9.53 Å². The van der Waals surface area contributed by atoms with E-state index >= 15 is 0 Å². The number of nitrogens with one attached hydrogen (secondary N) is 2. The van der Waals surface area contributed by atoms with Crippen molar-refractivity contribution in [1.29, 1.82) is 0 Å². The zero-order valence-corrected chi connectivity index (χ0v) is 18.5. The molecule has 162 valence electrons. The molecule has 0 unspecified atom stereocenters. The van der Waals surface area contributed by atoms with Gasteiger partial charge in [-0.25, -0.2) is 9.78 Å². The average molecular weight is 440 g/mol. The largest absolute Gasteiger partial charge is 0.447 e. The third-order valence-corrected chi connectivity index (χ3v) is 4.93. The second kappa shape index (κ2) is 10.1. The molecule has 0 aliphatic rings. The lowest BCUT2D eigenvalue weighted by atomic mass is 10.1. The maximum absolute atomic E-state index is 11.8. The SMILES string of the molecule is Cc1c(Cl)cccc1-c1cc(NCCc2cccc(NC(=O)OC(C)C)c2)nc(N)n1. The highest BCUT2D eigenvalue weighted by Crippen LogP contribution is 2.28. The zero-order chi connectivity index (χ0) is 22.4. The first kappa shape index (κ1) is 22.4. The van der Waals surface area contributed by atoms with Crippen LogP contribution in [0.4, 0.5) is 22.2 Å². The summed E-state index contributed by atoms with van der Waals surface area (Å²) in [5.74, 6) is 0.825. The Morgan fingerprint density at radius 2 is 1.94 bits per heavy atom. The van der Waals surface area contributed by atoms with Crippen molar-refractivity contribution in [2.24, 2.45) is 0 Å². The summed E-state index contributed by atoms with van der Waals surface area (Å²) in [6.45, 7) is 6.19. The number of hydrogen-bond donors (Lipinski definition) is 3. The number of amides is 1. The van der Waals surface area contributed by atoms with E-state index in [4.69, 9.17) is 22.1 Å². The lowest BCUT2D eigenvalue weighted by Gasteiger charge is -2.12. The Hall–Kier alpha value is -3.32. The maximum atomic E-state index is 11.8. The molecule has 1 aromatic heterocycles. The first-order chi connectivity index (χ1) is 14.8. The average Bonchev–Trinajstić information content (AvgIpc) is 2.69. The summed E-state index contributed by atoms with van der Waals surface area (Å²) in [5, 5.41) is 6.70. The molecule has 2 aromatic carbocycles. The molecule has 3 aromatic rings. The topological polar surface area (TPSA) is 102 Å². The van der Waals surface area contributed by atoms with Gasteiger partial charge >= 0.3 is 6.09 Å². The second-order valence-electron chi connectivity index (χ2n) is 7.37. The van der Waals surface area contributed by atoms with Crippen molar-refractivity contribution in [3.05, 3.63) is 64.7 Å². The number of aromatic nitrogens is 2. The highest BCUT2D eigenvalue weighted by molar-refractivity contribution is 6.31. The first-order valence-corrected chi connectivity index (χ1v) is 10.4. The number of ether oxygens (including phenoxy) is 1. The zero-order valence-electron chi connectivity index (χ0n) is 17.8. The van der Waals surface area contributed by atoms with Gasteiger partial charge in [0.25, 0.3) is 0 Å². The Labute approximate surface area is 187 Å². The molecule has 0 radical (unpaired) electrons. The van der Waals surface area contributed by atoms with Gasteiger partial charge < -0.3 is 15.8 Å². The number of nitrogens with zero attached hydrogens (tertiary/aromatic N) is 2. The van der Waals surface area contributed by atoms with Crippen LogP contribution in [-0.4, -0.2) is 28.7 Å². The predicted molar refractivity (Wildman–Crippen MR) is 126 cm³/mol. The van der Waals surface area contributed by atoms with Crippen molar-refractivity contribution >= 4 is 35.1 Å². The number of nitrogens with two attached hydrogens (primary N) is 1. The van der Waals surface area contributed by atoms with Crippen LogP contribution >= 0.6 is 11.6 Å². The van der Waals surface area contributed by atoms with Crippen LogP contribution in [-0.2, 0) is 11.2 Å². The number of benzene rings is 2. The normalized spacial score (nSPS) is 10.7. The van der Waals surface area contributed by atoms with Gasteiger partial charge in [-0.1, -0.05) is 35.9 Å². The monoisotopic (exact) mass is 439 g/mol. The van der Waals surface area contributed by atoms with E-state index in [-0.39, 0.29) is 12.1 Å². The molecule has 1 heterocycles. The van der Waals surface area contributed by atoms with Gasteiger partial charge in [0.05, 0.1) is 11.8 Å². The van der Waals surface area contributed by atoms with E-state index in [2.05, 4.69) is 20.6 Å². The molecule has 0 spiro atoms. The summed E-state index contributed by atoms with van der Waals surface area (Å²) >= 11 is 6.24. The second-order valence-corrected chi connectivity index (χ2v) is 7.77. The number of halogens is 1. The number of anilines is 3. The Morgan fingerprint density at radius 1 is 1.16 bits per heavy atom. The number of rotatable bonds is 7. The molecular formula is C23H26ClN5O2. The van der Waals surface area contributed by atoms with E-state index in [1.807, 2.05) is 55.5 Å². The van der Waals surface area contributed by atoms with Gasteiger partial charge in [-0.15, -0.1) is 0 Å². The third kappa shape index (κ3) is 6.33. The fourth-order valence-electron chi connectivity index (χ4n) is 3.08. The summed E-state index contributed by atoms with van der Waals surface area (Å²) in [4.78, 5) is 20.4. The quantitative estimate of drug-likeness (QED) is 0.461. The molecule has 4 N–H and O–H groups in total. The molecular weight excluding hydrogens is 414 g/mol. The summed E-state index contributed by atoms with van der Waals surface area (Å²) < 4.78 is 5.11. The summed E-state index contributed by atoms with van der Waals surface area (Å²) in [5.41, 5.74) is 10.2. The van der Waals surface area contributed by atoms with E-state index in [0.717, 1.165) is 23.1 Å². The van der Waals surface area contributed by atoms with Gasteiger partial charge in [0.2, 0.25) is 5.95 Å². The molecule has 0 bridgehead atoms. The Morgan fingerprint density at radius 3 is 2.71 bits per heavy atom. The molecule has 1 amide bonds. The molecule has 7 nitrogen and oxygen atoms in total. The van der Waals surface area contributed by atoms with E-state index in [0.29, 0.717) is 28.8 Å². The van der Waals surface area contributed by atoms with Crippen LogP contribution in [0.2, 0.25) is 5.02 Å². The summed E-state index contributed by atoms with van der Waals surface area (Å²) in [6.07, 6.45) is 0.0864. The van der Waals surface area contributed by atoms with Crippen LogP contribution in [0.3, 0.4) is 0 Å². The lowest BCUT2D eigenvalue weighted by molar-refractivity contribution is 0.130. The van der Waals surface area contributed by atoms with Gasteiger partial charge in [0.1, 0.15) is 5.82 Å². The van der Waals surface area contributed by atoms with Crippen molar-refractivity contribution in [2.45, 2.75) is 33.3 Å². The van der Waals surface area contributed by atoms with Crippen molar-refractivity contribution in [1.82, 2.24) is 9.97 Å². The number of carbonyl (C=O) groups excluding carboxylic acids is 1. The molecule has 31 heavy (non-hydrogen) atoms. The minimum atomic E-state index is -0.467. The smallest absolute Gasteiger partial charge is 0.411 e. The Bertz CT molecular complexity index is 1070. The van der Waals surface area contributed by atoms with Gasteiger partial charge in [0.15, 0.2) is 0 Å². The number of hydrogen-bond acceptors (Lipinski definition) is 6. The molecule has 0 aliphatic carbocycles. The Kier molecular flexibility index (Phi) is 7.31. The molecule has 0 aliphatic heterocycles. The van der Waals surface area contributed by atoms with E-state index in [1.54, 1.807) is 13.8 Å². The van der Waals surface area contributed by atoms with E-state index in [9.17, 15) is 4.79 Å². The van der Waals surface area contributed by atoms with Gasteiger partial charge in [-0.3, -0.25) is 5.32 Å². The van der Waals surface area contributed by atoms with Gasteiger partial charge in [-0.05, 0) is 56.5 Å². The highest BCUT2D eigenvalue weighted by atomic mass is 35.5. The van der Waals surface area contributed by atoms with E-state index < -0.39 is 6.09 Å². The van der Waals surface area contributed by atoms with Crippen LogP contribution < -0.4 is 16.4 Å². The lowest BCUT2D eigenvalue weighted by Crippen LogP contribution is -2.18. The fourth-order valence-corrected chi connectivity index (χ4v) is 3.25. The fraction of sp³-hybridized carbons (Fsp3) is 0.261. The number of nitrogen functional groups attached to an aromatic ring is 1. The van der Waals surface area contributed by atoms with Crippen molar-refractivity contribution in [3.63, 3.8) is 0 Å². The van der Waals surface area contributed by atoms with Crippen molar-refractivity contribution in [3.8, 4) is 11.3 Å².